The van der Waals surface area contributed by atoms with Crippen molar-refractivity contribution < 1.29 is 23.8 Å². The zero-order valence-corrected chi connectivity index (χ0v) is 23.3. The topological polar surface area (TPSA) is 106 Å². The van der Waals surface area contributed by atoms with Crippen molar-refractivity contribution in [3.8, 4) is 5.75 Å². The Morgan fingerprint density at radius 2 is 1.86 bits per heavy atom. The molecule has 200 valence electrons. The van der Waals surface area contributed by atoms with Crippen LogP contribution in [-0.4, -0.2) is 30.6 Å². The Bertz CT molecular complexity index is 1070. The van der Waals surface area contributed by atoms with Crippen LogP contribution in [-0.2, 0) is 17.6 Å². The van der Waals surface area contributed by atoms with Crippen LogP contribution in [0.1, 0.15) is 98.5 Å². The van der Waals surface area contributed by atoms with E-state index in [0.29, 0.717) is 25.1 Å². The number of carbonyl (C=O) groups is 2. The van der Waals surface area contributed by atoms with E-state index in [9.17, 15) is 19.5 Å². The number of thiophene rings is 1. The summed E-state index contributed by atoms with van der Waals surface area (Å²) in [5.41, 5.74) is -1.48. The summed E-state index contributed by atoms with van der Waals surface area (Å²) < 4.78 is 10.0. The molecule has 0 spiro atoms. The SMILES string of the molecule is CCCCc1ccc(CC(C)(C)C(C)C(=O)c2c(O)cc(C(C)CCCCNC(=O)OC)oc2=O)s1. The normalized spacial score (nSPS) is 13.3. The number of ether oxygens (including phenoxy) is 1. The zero-order chi connectivity index (χ0) is 26.9. The fourth-order valence-electron chi connectivity index (χ4n) is 4.13. The Morgan fingerprint density at radius 1 is 1.17 bits per heavy atom. The molecular weight excluding hydrogens is 478 g/mol. The standard InChI is InChI=1S/C28H41NO6S/c1-7-8-12-20-13-14-21(36-20)17-28(4,5)19(3)25(31)24-22(30)16-23(35-26(24)32)18(2)11-9-10-15-29-27(33)34-6/h13-14,16,18-19,30H,7-12,15,17H2,1-6H3,(H,29,33). The number of hydrogen-bond donors (Lipinski definition) is 2. The smallest absolute Gasteiger partial charge is 0.406 e. The van der Waals surface area contributed by atoms with Crippen LogP contribution in [0.4, 0.5) is 4.79 Å². The number of rotatable bonds is 14. The molecular formula is C28H41NO6S. The summed E-state index contributed by atoms with van der Waals surface area (Å²) in [6.07, 6.45) is 5.85. The molecule has 0 saturated heterocycles. The molecule has 0 saturated carbocycles. The first-order chi connectivity index (χ1) is 17.0. The van der Waals surface area contributed by atoms with Gasteiger partial charge in [0.2, 0.25) is 0 Å². The Balaban J connectivity index is 2.05. The van der Waals surface area contributed by atoms with Gasteiger partial charge in [-0.15, -0.1) is 11.3 Å². The maximum absolute atomic E-state index is 13.3. The number of hydrogen-bond acceptors (Lipinski definition) is 7. The highest BCUT2D eigenvalue weighted by Crippen LogP contribution is 2.36. The van der Waals surface area contributed by atoms with Crippen LogP contribution in [0, 0.1) is 11.3 Å². The number of unbranched alkanes of at least 4 members (excludes halogenated alkanes) is 2. The molecule has 36 heavy (non-hydrogen) atoms. The quantitative estimate of drug-likeness (QED) is 0.219. The molecule has 0 bridgehead atoms. The van der Waals surface area contributed by atoms with Crippen molar-refractivity contribution >= 4 is 23.2 Å². The van der Waals surface area contributed by atoms with Crippen molar-refractivity contribution in [2.24, 2.45) is 11.3 Å². The number of methoxy groups -OCH3 is 1. The monoisotopic (exact) mass is 519 g/mol. The van der Waals surface area contributed by atoms with E-state index in [1.54, 1.807) is 11.3 Å². The number of ketones is 1. The minimum atomic E-state index is -0.796. The second-order valence-corrected chi connectivity index (χ2v) is 11.5. The molecule has 0 aromatic carbocycles. The van der Waals surface area contributed by atoms with E-state index in [2.05, 4.69) is 29.1 Å². The summed E-state index contributed by atoms with van der Waals surface area (Å²) >= 11 is 1.78. The van der Waals surface area contributed by atoms with Crippen LogP contribution in [0.3, 0.4) is 0 Å². The van der Waals surface area contributed by atoms with Crippen LogP contribution in [0.5, 0.6) is 5.75 Å². The van der Waals surface area contributed by atoms with E-state index in [1.165, 1.54) is 22.9 Å². The van der Waals surface area contributed by atoms with Gasteiger partial charge in [0.15, 0.2) is 5.78 Å². The van der Waals surface area contributed by atoms with Gasteiger partial charge in [-0.2, -0.15) is 0 Å². The van der Waals surface area contributed by atoms with Gasteiger partial charge in [-0.3, -0.25) is 4.79 Å². The van der Waals surface area contributed by atoms with Gasteiger partial charge in [-0.1, -0.05) is 47.5 Å². The van der Waals surface area contributed by atoms with Crippen molar-refractivity contribution in [1.82, 2.24) is 5.32 Å². The number of aryl methyl sites for hydroxylation is 1. The molecule has 2 atom stereocenters. The highest BCUT2D eigenvalue weighted by Gasteiger charge is 2.35. The van der Waals surface area contributed by atoms with Crippen LogP contribution >= 0.6 is 11.3 Å². The van der Waals surface area contributed by atoms with E-state index in [0.717, 1.165) is 32.1 Å². The summed E-state index contributed by atoms with van der Waals surface area (Å²) in [4.78, 5) is 39.7. The number of carbonyl (C=O) groups excluding carboxylic acids is 2. The Labute approximate surface area is 218 Å². The van der Waals surface area contributed by atoms with Crippen molar-refractivity contribution in [3.63, 3.8) is 0 Å². The third-order valence-electron chi connectivity index (χ3n) is 6.89. The number of alkyl carbamates (subject to hydrolysis) is 1. The molecule has 2 aromatic rings. The first-order valence-electron chi connectivity index (χ1n) is 12.8. The van der Waals surface area contributed by atoms with Gasteiger partial charge in [0.25, 0.3) is 0 Å². The summed E-state index contributed by atoms with van der Waals surface area (Å²) in [7, 11) is 1.32. The van der Waals surface area contributed by atoms with Crippen molar-refractivity contribution in [3.05, 3.63) is 49.7 Å². The molecule has 0 radical (unpaired) electrons. The van der Waals surface area contributed by atoms with Gasteiger partial charge in [0, 0.05) is 34.2 Å². The highest BCUT2D eigenvalue weighted by atomic mass is 32.1. The van der Waals surface area contributed by atoms with E-state index in [4.69, 9.17) is 4.42 Å². The molecule has 0 fully saturated rings. The first-order valence-corrected chi connectivity index (χ1v) is 13.6. The predicted octanol–water partition coefficient (Wildman–Crippen LogP) is 6.47. The largest absolute Gasteiger partial charge is 0.507 e. The number of nitrogens with one attached hydrogen (secondary N) is 1. The summed E-state index contributed by atoms with van der Waals surface area (Å²) in [5.74, 6) is -0.994. The summed E-state index contributed by atoms with van der Waals surface area (Å²) in [5, 5.41) is 13.3. The predicted molar refractivity (Wildman–Crippen MR) is 143 cm³/mol. The first kappa shape index (κ1) is 29.6. The second-order valence-electron chi connectivity index (χ2n) is 10.2. The lowest BCUT2D eigenvalue weighted by Crippen LogP contribution is -2.33. The van der Waals surface area contributed by atoms with Crippen molar-refractivity contribution in [2.45, 2.75) is 85.5 Å². The zero-order valence-electron chi connectivity index (χ0n) is 22.4. The summed E-state index contributed by atoms with van der Waals surface area (Å²) in [6.45, 7) is 10.4. The molecule has 0 aliphatic heterocycles. The van der Waals surface area contributed by atoms with Crippen LogP contribution in [0.25, 0.3) is 0 Å². The number of amides is 1. The van der Waals surface area contributed by atoms with E-state index in [1.807, 2.05) is 27.7 Å². The minimum absolute atomic E-state index is 0.125. The Morgan fingerprint density at radius 3 is 2.50 bits per heavy atom. The van der Waals surface area contributed by atoms with Crippen LogP contribution < -0.4 is 10.9 Å². The lowest BCUT2D eigenvalue weighted by atomic mass is 9.73. The average molecular weight is 520 g/mol. The van der Waals surface area contributed by atoms with E-state index < -0.39 is 28.8 Å². The molecule has 7 nitrogen and oxygen atoms in total. The fourth-order valence-corrected chi connectivity index (χ4v) is 5.42. The molecule has 2 unspecified atom stereocenters. The minimum Gasteiger partial charge on any atom is -0.507 e. The lowest BCUT2D eigenvalue weighted by molar-refractivity contribution is 0.0812. The average Bonchev–Trinajstić information content (AvgIpc) is 3.27. The van der Waals surface area contributed by atoms with E-state index >= 15 is 0 Å². The number of aromatic hydroxyl groups is 1. The van der Waals surface area contributed by atoms with Gasteiger partial charge >= 0.3 is 11.7 Å². The molecule has 0 aliphatic rings. The van der Waals surface area contributed by atoms with Gasteiger partial charge < -0.3 is 19.6 Å². The van der Waals surface area contributed by atoms with Gasteiger partial charge in [0.1, 0.15) is 17.1 Å². The maximum atomic E-state index is 13.3. The highest BCUT2D eigenvalue weighted by molar-refractivity contribution is 7.12. The van der Waals surface area contributed by atoms with E-state index in [-0.39, 0.29) is 17.2 Å². The third kappa shape index (κ3) is 8.22. The maximum Gasteiger partial charge on any atom is 0.406 e. The molecule has 2 N–H and O–H groups in total. The fraction of sp³-hybridized carbons (Fsp3) is 0.607. The molecule has 1 amide bonds. The van der Waals surface area contributed by atoms with Gasteiger partial charge in [-0.25, -0.2) is 9.59 Å². The number of Topliss-reactive ketones (excluding diaryl/α,β-unsaturated/α-hetero) is 1. The molecule has 2 heterocycles. The van der Waals surface area contributed by atoms with Crippen molar-refractivity contribution in [2.75, 3.05) is 13.7 Å². The van der Waals surface area contributed by atoms with Crippen LogP contribution in [0.15, 0.2) is 27.4 Å². The second kappa shape index (κ2) is 13.6. The Kier molecular flexibility index (Phi) is 11.2. The molecule has 0 aliphatic carbocycles. The third-order valence-corrected chi connectivity index (χ3v) is 8.03. The van der Waals surface area contributed by atoms with Crippen LogP contribution in [0.2, 0.25) is 0 Å². The lowest BCUT2D eigenvalue weighted by Gasteiger charge is -2.30. The van der Waals surface area contributed by atoms with Gasteiger partial charge in [-0.05, 0) is 49.7 Å². The Hall–Kier alpha value is -2.61. The molecule has 2 aromatic heterocycles. The molecule has 2 rings (SSSR count). The molecule has 8 heteroatoms. The van der Waals surface area contributed by atoms with Gasteiger partial charge in [0.05, 0.1) is 7.11 Å². The van der Waals surface area contributed by atoms with Crippen molar-refractivity contribution in [1.29, 1.82) is 0 Å². The summed E-state index contributed by atoms with van der Waals surface area (Å²) in [6, 6.07) is 5.68.